The van der Waals surface area contributed by atoms with Crippen molar-refractivity contribution in [2.24, 2.45) is 4.99 Å². The van der Waals surface area contributed by atoms with E-state index in [4.69, 9.17) is 5.73 Å². The number of nitrogens with zero attached hydrogens (tertiary/aromatic N) is 1. The van der Waals surface area contributed by atoms with Crippen molar-refractivity contribution in [3.63, 3.8) is 0 Å². The van der Waals surface area contributed by atoms with Crippen molar-refractivity contribution in [3.8, 4) is 0 Å². The van der Waals surface area contributed by atoms with Crippen LogP contribution in [0.3, 0.4) is 0 Å². The van der Waals surface area contributed by atoms with E-state index in [1.54, 1.807) is 7.05 Å². The lowest BCUT2D eigenvalue weighted by Crippen LogP contribution is -1.94. The molecule has 0 saturated carbocycles. The molecule has 0 saturated heterocycles. The summed E-state index contributed by atoms with van der Waals surface area (Å²) in [6.45, 7) is 1.98. The molecule has 0 aromatic heterocycles. The zero-order chi connectivity index (χ0) is 8.27. The molecule has 0 amide bonds. The van der Waals surface area contributed by atoms with Crippen molar-refractivity contribution in [1.29, 1.82) is 0 Å². The van der Waals surface area contributed by atoms with Gasteiger partial charge < -0.3 is 5.73 Å². The van der Waals surface area contributed by atoms with Gasteiger partial charge in [-0.2, -0.15) is 0 Å². The van der Waals surface area contributed by atoms with Gasteiger partial charge in [0.05, 0.1) is 0 Å². The minimum absolute atomic E-state index is 0.789. The molecule has 0 aliphatic heterocycles. The monoisotopic (exact) mass is 148 g/mol. The quantitative estimate of drug-likeness (QED) is 0.478. The Morgan fingerprint density at radius 3 is 2.27 bits per heavy atom. The van der Waals surface area contributed by atoms with Crippen LogP contribution < -0.4 is 5.73 Å². The molecule has 58 valence electrons. The minimum atomic E-state index is 0.789. The number of hydrogen-bond acceptors (Lipinski definition) is 2. The Morgan fingerprint density at radius 2 is 1.82 bits per heavy atom. The molecule has 1 aromatic carbocycles. The van der Waals surface area contributed by atoms with Gasteiger partial charge in [0.25, 0.3) is 0 Å². The van der Waals surface area contributed by atoms with E-state index in [-0.39, 0.29) is 0 Å². The summed E-state index contributed by atoms with van der Waals surface area (Å²) in [5.41, 5.74) is 8.48. The first-order valence-electron chi connectivity index (χ1n) is 3.53. The van der Waals surface area contributed by atoms with E-state index in [1.807, 2.05) is 31.2 Å². The summed E-state index contributed by atoms with van der Waals surface area (Å²) in [6.07, 6.45) is 0. The van der Waals surface area contributed by atoms with Crippen LogP contribution in [0.4, 0.5) is 5.69 Å². The zero-order valence-electron chi connectivity index (χ0n) is 6.83. The average Bonchev–Trinajstić information content (AvgIpc) is 2.05. The molecule has 0 aliphatic rings. The topological polar surface area (TPSA) is 38.4 Å². The molecular weight excluding hydrogens is 136 g/mol. The average molecular weight is 148 g/mol. The summed E-state index contributed by atoms with van der Waals surface area (Å²) in [4.78, 5) is 4.06. The third-order valence-electron chi connectivity index (χ3n) is 1.66. The molecule has 0 unspecified atom stereocenters. The Kier molecular flexibility index (Phi) is 2.26. The van der Waals surface area contributed by atoms with Gasteiger partial charge in [0, 0.05) is 18.4 Å². The molecule has 0 atom stereocenters. The SMILES string of the molecule is C/N=C(/C)c1ccc(N)cc1. The van der Waals surface area contributed by atoms with Crippen LogP contribution in [-0.4, -0.2) is 12.8 Å². The maximum atomic E-state index is 5.53. The highest BCUT2D eigenvalue weighted by Crippen LogP contribution is 2.05. The third kappa shape index (κ3) is 1.80. The van der Waals surface area contributed by atoms with E-state index in [9.17, 15) is 0 Å². The van der Waals surface area contributed by atoms with E-state index in [1.165, 1.54) is 0 Å². The summed E-state index contributed by atoms with van der Waals surface area (Å²) in [7, 11) is 1.78. The highest BCUT2D eigenvalue weighted by Gasteiger charge is 1.93. The first-order valence-corrected chi connectivity index (χ1v) is 3.53. The van der Waals surface area contributed by atoms with Crippen LogP contribution in [0, 0.1) is 0 Å². The second kappa shape index (κ2) is 3.19. The van der Waals surface area contributed by atoms with E-state index >= 15 is 0 Å². The molecule has 0 bridgehead atoms. The van der Waals surface area contributed by atoms with Crippen LogP contribution in [0.5, 0.6) is 0 Å². The van der Waals surface area contributed by atoms with Crippen LogP contribution in [0.2, 0.25) is 0 Å². The molecule has 2 nitrogen and oxygen atoms in total. The van der Waals surface area contributed by atoms with E-state index in [0.29, 0.717) is 0 Å². The van der Waals surface area contributed by atoms with Gasteiger partial charge in [0.15, 0.2) is 0 Å². The van der Waals surface area contributed by atoms with Crippen LogP contribution >= 0.6 is 0 Å². The Labute approximate surface area is 66.8 Å². The molecule has 0 radical (unpaired) electrons. The summed E-state index contributed by atoms with van der Waals surface area (Å²) in [5.74, 6) is 0. The maximum absolute atomic E-state index is 5.53. The van der Waals surface area contributed by atoms with E-state index in [2.05, 4.69) is 4.99 Å². The van der Waals surface area contributed by atoms with Crippen molar-refractivity contribution >= 4 is 11.4 Å². The van der Waals surface area contributed by atoms with Gasteiger partial charge in [0.2, 0.25) is 0 Å². The highest BCUT2D eigenvalue weighted by molar-refractivity contribution is 5.98. The first-order chi connectivity index (χ1) is 5.24. The van der Waals surface area contributed by atoms with Gasteiger partial charge in [-0.3, -0.25) is 4.99 Å². The van der Waals surface area contributed by atoms with Crippen molar-refractivity contribution in [2.45, 2.75) is 6.92 Å². The van der Waals surface area contributed by atoms with Crippen LogP contribution in [0.25, 0.3) is 0 Å². The van der Waals surface area contributed by atoms with Crippen molar-refractivity contribution in [3.05, 3.63) is 29.8 Å². The number of benzene rings is 1. The third-order valence-corrected chi connectivity index (χ3v) is 1.66. The fourth-order valence-electron chi connectivity index (χ4n) is 0.853. The molecule has 2 N–H and O–H groups in total. The minimum Gasteiger partial charge on any atom is -0.399 e. The molecule has 1 rings (SSSR count). The largest absolute Gasteiger partial charge is 0.399 e. The van der Waals surface area contributed by atoms with Gasteiger partial charge in [-0.1, -0.05) is 12.1 Å². The Hall–Kier alpha value is -1.31. The van der Waals surface area contributed by atoms with E-state index in [0.717, 1.165) is 17.0 Å². The van der Waals surface area contributed by atoms with Gasteiger partial charge in [0.1, 0.15) is 0 Å². The number of aliphatic imine (C=N–C) groups is 1. The molecule has 0 heterocycles. The predicted molar refractivity (Wildman–Crippen MR) is 49.0 cm³/mol. The summed E-state index contributed by atoms with van der Waals surface area (Å²) >= 11 is 0. The molecule has 11 heavy (non-hydrogen) atoms. The Morgan fingerprint density at radius 1 is 1.27 bits per heavy atom. The van der Waals surface area contributed by atoms with Crippen LogP contribution in [0.1, 0.15) is 12.5 Å². The summed E-state index contributed by atoms with van der Waals surface area (Å²) in [5, 5.41) is 0. The number of nitrogen functional groups attached to an aromatic ring is 1. The maximum Gasteiger partial charge on any atom is 0.0386 e. The van der Waals surface area contributed by atoms with Gasteiger partial charge in [-0.05, 0) is 24.6 Å². The normalized spacial score (nSPS) is 11.6. The van der Waals surface area contributed by atoms with E-state index < -0.39 is 0 Å². The molecule has 0 fully saturated rings. The standard InChI is InChI=1S/C9H12N2/c1-7(11-2)8-3-5-9(10)6-4-8/h3-6H,10H2,1-2H3/b11-7-. The number of nitrogens with two attached hydrogens (primary N) is 1. The van der Waals surface area contributed by atoms with Gasteiger partial charge in [-0.15, -0.1) is 0 Å². The lowest BCUT2D eigenvalue weighted by molar-refractivity contribution is 1.41. The number of anilines is 1. The fourth-order valence-corrected chi connectivity index (χ4v) is 0.853. The summed E-state index contributed by atoms with van der Waals surface area (Å²) in [6, 6.07) is 7.70. The van der Waals surface area contributed by atoms with Gasteiger partial charge in [-0.25, -0.2) is 0 Å². The molecule has 0 aliphatic carbocycles. The molecule has 1 aromatic rings. The lowest BCUT2D eigenvalue weighted by Gasteiger charge is -1.98. The fraction of sp³-hybridized carbons (Fsp3) is 0.222. The molecular formula is C9H12N2. The zero-order valence-corrected chi connectivity index (χ0v) is 6.83. The molecule has 0 spiro atoms. The van der Waals surface area contributed by atoms with Crippen molar-refractivity contribution in [1.82, 2.24) is 0 Å². The van der Waals surface area contributed by atoms with Gasteiger partial charge >= 0.3 is 0 Å². The first kappa shape index (κ1) is 7.79. The Balaban J connectivity index is 2.99. The second-order valence-electron chi connectivity index (χ2n) is 2.43. The molecule has 2 heteroatoms. The van der Waals surface area contributed by atoms with Crippen LogP contribution in [-0.2, 0) is 0 Å². The van der Waals surface area contributed by atoms with Crippen molar-refractivity contribution < 1.29 is 0 Å². The van der Waals surface area contributed by atoms with Crippen LogP contribution in [0.15, 0.2) is 29.3 Å². The van der Waals surface area contributed by atoms with Crippen molar-refractivity contribution in [2.75, 3.05) is 12.8 Å². The number of rotatable bonds is 1. The summed E-state index contributed by atoms with van der Waals surface area (Å²) < 4.78 is 0. The second-order valence-corrected chi connectivity index (χ2v) is 2.43. The smallest absolute Gasteiger partial charge is 0.0386 e. The number of hydrogen-bond donors (Lipinski definition) is 1. The highest BCUT2D eigenvalue weighted by atomic mass is 14.7. The Bertz CT molecular complexity index is 259. The predicted octanol–water partition coefficient (Wildman–Crippen LogP) is 1.71. The lowest BCUT2D eigenvalue weighted by atomic mass is 10.1.